The molecule has 0 radical (unpaired) electrons. The highest BCUT2D eigenvalue weighted by Crippen LogP contribution is 2.26. The highest BCUT2D eigenvalue weighted by molar-refractivity contribution is 5.91. The van der Waals surface area contributed by atoms with Gasteiger partial charge in [0.25, 0.3) is 0 Å². The summed E-state index contributed by atoms with van der Waals surface area (Å²) < 4.78 is 1.74. The summed E-state index contributed by atoms with van der Waals surface area (Å²) in [5.74, 6) is -0.796. The van der Waals surface area contributed by atoms with Gasteiger partial charge in [-0.05, 0) is 13.0 Å². The lowest BCUT2D eigenvalue weighted by Gasteiger charge is -2.19. The molecule has 0 amide bonds. The molecule has 0 saturated heterocycles. The number of carboxylic acids is 1. The van der Waals surface area contributed by atoms with Crippen LogP contribution in [0.2, 0.25) is 0 Å². The molecule has 2 aromatic heterocycles. The van der Waals surface area contributed by atoms with Crippen molar-refractivity contribution < 1.29 is 9.90 Å². The van der Waals surface area contributed by atoms with Crippen molar-refractivity contribution in [2.75, 3.05) is 18.5 Å². The number of aromatic nitrogens is 3. The van der Waals surface area contributed by atoms with Crippen LogP contribution < -0.4 is 4.90 Å². The van der Waals surface area contributed by atoms with E-state index >= 15 is 0 Å². The average molecular weight is 248 g/mol. The third kappa shape index (κ3) is 2.13. The summed E-state index contributed by atoms with van der Waals surface area (Å²) in [6, 6.07) is 1.89. The summed E-state index contributed by atoms with van der Waals surface area (Å²) in [5, 5.41) is 14.0. The van der Waals surface area contributed by atoms with Crippen molar-refractivity contribution in [1.29, 1.82) is 0 Å². The number of rotatable bonds is 4. The van der Waals surface area contributed by atoms with Crippen molar-refractivity contribution in [1.82, 2.24) is 14.8 Å². The molecule has 6 heteroatoms. The lowest BCUT2D eigenvalue weighted by molar-refractivity contribution is -0.136. The molecular weight excluding hydrogens is 232 g/mol. The molecule has 0 atom stereocenters. The van der Waals surface area contributed by atoms with E-state index in [1.807, 2.05) is 32.0 Å². The fourth-order valence-electron chi connectivity index (χ4n) is 2.06. The molecule has 0 fully saturated rings. The summed E-state index contributed by atoms with van der Waals surface area (Å²) in [6.45, 7) is 2.39. The van der Waals surface area contributed by atoms with Gasteiger partial charge in [-0.2, -0.15) is 5.10 Å². The van der Waals surface area contributed by atoms with E-state index in [2.05, 4.69) is 10.1 Å². The number of nitrogens with zero attached hydrogens (tertiary/aromatic N) is 4. The Kier molecular flexibility index (Phi) is 3.18. The molecule has 0 aliphatic heterocycles. The van der Waals surface area contributed by atoms with E-state index in [0.717, 1.165) is 22.4 Å². The SMILES string of the molecule is Cc1nn(C)c2nccc(N(C)CCC(=O)O)c12. The molecule has 2 rings (SSSR count). The summed E-state index contributed by atoms with van der Waals surface area (Å²) in [6.07, 6.45) is 1.83. The minimum atomic E-state index is -0.796. The van der Waals surface area contributed by atoms with Gasteiger partial charge in [-0.3, -0.25) is 9.48 Å². The number of hydrogen-bond acceptors (Lipinski definition) is 4. The Hall–Kier alpha value is -2.11. The van der Waals surface area contributed by atoms with Crippen LogP contribution in [0, 0.1) is 6.92 Å². The standard InChI is InChI=1S/C12H16N4O2/c1-8-11-9(15(2)7-5-10(17)18)4-6-13-12(11)16(3)14-8/h4,6H,5,7H2,1-3H3,(H,17,18). The summed E-state index contributed by atoms with van der Waals surface area (Å²) in [7, 11) is 3.73. The van der Waals surface area contributed by atoms with Crippen LogP contribution in [0.4, 0.5) is 5.69 Å². The zero-order valence-electron chi connectivity index (χ0n) is 10.7. The Morgan fingerprint density at radius 1 is 1.56 bits per heavy atom. The molecular formula is C12H16N4O2. The van der Waals surface area contributed by atoms with Crippen LogP contribution in [0.15, 0.2) is 12.3 Å². The van der Waals surface area contributed by atoms with Gasteiger partial charge in [0.1, 0.15) is 0 Å². The predicted molar refractivity (Wildman–Crippen MR) is 68.8 cm³/mol. The first-order valence-corrected chi connectivity index (χ1v) is 5.72. The molecule has 96 valence electrons. The van der Waals surface area contributed by atoms with E-state index in [9.17, 15) is 4.79 Å². The van der Waals surface area contributed by atoms with Crippen LogP contribution in [0.3, 0.4) is 0 Å². The summed E-state index contributed by atoms with van der Waals surface area (Å²) in [4.78, 5) is 16.8. The number of hydrogen-bond donors (Lipinski definition) is 1. The van der Waals surface area contributed by atoms with Crippen LogP contribution in [-0.2, 0) is 11.8 Å². The van der Waals surface area contributed by atoms with Crippen LogP contribution in [0.25, 0.3) is 11.0 Å². The molecule has 1 N–H and O–H groups in total. The van der Waals surface area contributed by atoms with E-state index in [-0.39, 0.29) is 6.42 Å². The van der Waals surface area contributed by atoms with Gasteiger partial charge >= 0.3 is 5.97 Å². The molecule has 0 aromatic carbocycles. The third-order valence-corrected chi connectivity index (χ3v) is 2.95. The molecule has 2 aromatic rings. The first-order valence-electron chi connectivity index (χ1n) is 5.72. The van der Waals surface area contributed by atoms with Crippen molar-refractivity contribution in [3.8, 4) is 0 Å². The van der Waals surface area contributed by atoms with Gasteiger partial charge in [-0.15, -0.1) is 0 Å². The Morgan fingerprint density at radius 2 is 2.28 bits per heavy atom. The maximum absolute atomic E-state index is 10.6. The topological polar surface area (TPSA) is 71.2 Å². The van der Waals surface area contributed by atoms with Crippen LogP contribution in [0.5, 0.6) is 0 Å². The second kappa shape index (κ2) is 4.64. The van der Waals surface area contributed by atoms with Gasteiger partial charge in [0, 0.05) is 26.8 Å². The largest absolute Gasteiger partial charge is 0.481 e. The molecule has 0 spiro atoms. The maximum Gasteiger partial charge on any atom is 0.305 e. The molecule has 6 nitrogen and oxygen atoms in total. The van der Waals surface area contributed by atoms with Crippen molar-refractivity contribution in [2.24, 2.45) is 7.05 Å². The van der Waals surface area contributed by atoms with Gasteiger partial charge in [0.05, 0.1) is 23.2 Å². The predicted octanol–water partition coefficient (Wildman–Crippen LogP) is 1.19. The molecule has 18 heavy (non-hydrogen) atoms. The zero-order valence-corrected chi connectivity index (χ0v) is 10.7. The van der Waals surface area contributed by atoms with E-state index in [0.29, 0.717) is 6.54 Å². The van der Waals surface area contributed by atoms with Gasteiger partial charge in [-0.25, -0.2) is 4.98 Å². The summed E-state index contributed by atoms with van der Waals surface area (Å²) in [5.41, 5.74) is 2.68. The Labute approximate surface area is 105 Å². The van der Waals surface area contributed by atoms with Crippen LogP contribution >= 0.6 is 0 Å². The smallest absolute Gasteiger partial charge is 0.305 e. The third-order valence-electron chi connectivity index (χ3n) is 2.95. The lowest BCUT2D eigenvalue weighted by atomic mass is 10.2. The quantitative estimate of drug-likeness (QED) is 0.880. The second-order valence-electron chi connectivity index (χ2n) is 4.30. The first kappa shape index (κ1) is 12.3. The van der Waals surface area contributed by atoms with Crippen molar-refractivity contribution >= 4 is 22.7 Å². The van der Waals surface area contributed by atoms with E-state index in [1.165, 1.54) is 0 Å². The minimum absolute atomic E-state index is 0.111. The van der Waals surface area contributed by atoms with Crippen molar-refractivity contribution in [2.45, 2.75) is 13.3 Å². The molecule has 0 unspecified atom stereocenters. The van der Waals surface area contributed by atoms with Crippen molar-refractivity contribution in [3.05, 3.63) is 18.0 Å². The molecule has 0 aliphatic rings. The highest BCUT2D eigenvalue weighted by Gasteiger charge is 2.14. The fourth-order valence-corrected chi connectivity index (χ4v) is 2.06. The molecule has 0 bridgehead atoms. The van der Waals surface area contributed by atoms with Crippen LogP contribution in [0.1, 0.15) is 12.1 Å². The Morgan fingerprint density at radius 3 is 2.94 bits per heavy atom. The minimum Gasteiger partial charge on any atom is -0.481 e. The lowest BCUT2D eigenvalue weighted by Crippen LogP contribution is -2.21. The average Bonchev–Trinajstić information content (AvgIpc) is 2.62. The number of fused-ring (bicyclic) bond motifs is 1. The van der Waals surface area contributed by atoms with Gasteiger partial charge in [-0.1, -0.05) is 0 Å². The fraction of sp³-hybridized carbons (Fsp3) is 0.417. The van der Waals surface area contributed by atoms with E-state index in [4.69, 9.17) is 5.11 Å². The number of pyridine rings is 1. The number of anilines is 1. The maximum atomic E-state index is 10.6. The molecule has 0 saturated carbocycles. The summed E-state index contributed by atoms with van der Waals surface area (Å²) >= 11 is 0. The van der Waals surface area contributed by atoms with Gasteiger partial charge < -0.3 is 10.0 Å². The Balaban J connectivity index is 2.41. The molecule has 2 heterocycles. The monoisotopic (exact) mass is 248 g/mol. The Bertz CT molecular complexity index is 591. The number of aliphatic carboxylic acids is 1. The van der Waals surface area contributed by atoms with Crippen LogP contribution in [-0.4, -0.2) is 39.4 Å². The van der Waals surface area contributed by atoms with Crippen molar-refractivity contribution in [3.63, 3.8) is 0 Å². The van der Waals surface area contributed by atoms with Gasteiger partial charge in [0.15, 0.2) is 5.65 Å². The zero-order chi connectivity index (χ0) is 13.3. The van der Waals surface area contributed by atoms with E-state index in [1.54, 1.807) is 10.9 Å². The number of aryl methyl sites for hydroxylation is 2. The van der Waals surface area contributed by atoms with Gasteiger partial charge in [0.2, 0.25) is 0 Å². The second-order valence-corrected chi connectivity index (χ2v) is 4.30. The van der Waals surface area contributed by atoms with E-state index < -0.39 is 5.97 Å². The molecule has 0 aliphatic carbocycles. The number of carbonyl (C=O) groups is 1. The first-order chi connectivity index (χ1) is 8.50. The number of carboxylic acid groups (broad SMARTS) is 1. The normalized spacial score (nSPS) is 10.8. The highest BCUT2D eigenvalue weighted by atomic mass is 16.4.